The van der Waals surface area contributed by atoms with Gasteiger partial charge in [0, 0.05) is 23.6 Å². The Balaban J connectivity index is 4.40. The van der Waals surface area contributed by atoms with E-state index in [4.69, 9.17) is 0 Å². The lowest BCUT2D eigenvalue weighted by atomic mass is 10.2. The zero-order valence-corrected chi connectivity index (χ0v) is 10.1. The predicted octanol–water partition coefficient (Wildman–Crippen LogP) is 2.64. The molecule has 1 N–H and O–H groups in total. The second kappa shape index (κ2) is 6.15. The van der Waals surface area contributed by atoms with Gasteiger partial charge in [0.2, 0.25) is 0 Å². The van der Waals surface area contributed by atoms with Crippen LogP contribution in [0.5, 0.6) is 0 Å². The third-order valence-corrected chi connectivity index (χ3v) is 2.07. The molecule has 0 unspecified atom stereocenters. The summed E-state index contributed by atoms with van der Waals surface area (Å²) in [6, 6.07) is 0. The van der Waals surface area contributed by atoms with E-state index in [2.05, 4.69) is 21.2 Å². The number of allylic oxidation sites excluding steroid dienone is 2. The summed E-state index contributed by atoms with van der Waals surface area (Å²) in [6.07, 6.45) is -4.22. The number of halogens is 4. The fourth-order valence-corrected chi connectivity index (χ4v) is 1.07. The molecule has 0 aliphatic heterocycles. The van der Waals surface area contributed by atoms with Gasteiger partial charge in [-0.3, -0.25) is 4.79 Å². The molecule has 6 heteroatoms. The summed E-state index contributed by atoms with van der Waals surface area (Å²) >= 11 is 3.01. The molecule has 0 atom stereocenters. The van der Waals surface area contributed by atoms with E-state index in [1.165, 1.54) is 0 Å². The molecule has 15 heavy (non-hydrogen) atoms. The van der Waals surface area contributed by atoms with Gasteiger partial charge in [-0.1, -0.05) is 29.8 Å². The van der Waals surface area contributed by atoms with Crippen molar-refractivity contribution in [1.82, 2.24) is 5.32 Å². The average molecular weight is 288 g/mol. The highest BCUT2D eigenvalue weighted by molar-refractivity contribution is 9.09. The van der Waals surface area contributed by atoms with E-state index < -0.39 is 12.0 Å². The molecule has 0 aliphatic rings. The Morgan fingerprint density at radius 3 is 2.33 bits per heavy atom. The van der Waals surface area contributed by atoms with Crippen LogP contribution < -0.4 is 5.32 Å². The Kier molecular flexibility index (Phi) is 5.93. The minimum atomic E-state index is -4.80. The van der Waals surface area contributed by atoms with Gasteiger partial charge < -0.3 is 5.32 Å². The van der Waals surface area contributed by atoms with Gasteiger partial charge in [-0.2, -0.15) is 13.2 Å². The average Bonchev–Trinajstić information content (AvgIpc) is 2.09. The summed E-state index contributed by atoms with van der Waals surface area (Å²) in [7, 11) is 0. The number of ketones is 1. The molecular weight excluding hydrogens is 275 g/mol. The van der Waals surface area contributed by atoms with Crippen LogP contribution in [0.25, 0.3) is 0 Å². The minimum absolute atomic E-state index is 0.196. The predicted molar refractivity (Wildman–Crippen MR) is 55.8 cm³/mol. The van der Waals surface area contributed by atoms with Gasteiger partial charge >= 0.3 is 6.18 Å². The fourth-order valence-electron chi connectivity index (χ4n) is 0.712. The second-order valence-corrected chi connectivity index (χ2v) is 4.00. The maximum atomic E-state index is 11.9. The van der Waals surface area contributed by atoms with Gasteiger partial charge in [0.05, 0.1) is 0 Å². The van der Waals surface area contributed by atoms with Crippen molar-refractivity contribution < 1.29 is 18.0 Å². The minimum Gasteiger partial charge on any atom is -0.387 e. The number of rotatable bonds is 5. The van der Waals surface area contributed by atoms with Crippen LogP contribution in [-0.2, 0) is 4.79 Å². The van der Waals surface area contributed by atoms with Gasteiger partial charge in [-0.25, -0.2) is 0 Å². The van der Waals surface area contributed by atoms with Gasteiger partial charge in [0.15, 0.2) is 0 Å². The van der Waals surface area contributed by atoms with E-state index in [1.54, 1.807) is 0 Å². The summed E-state index contributed by atoms with van der Waals surface area (Å²) in [4.78, 5) is 10.6. The SMILES string of the molecule is CC(C)CN/C(=C/C(=O)C(F)(F)F)CBr. The Labute approximate surface area is 95.0 Å². The van der Waals surface area contributed by atoms with Crippen LogP contribution in [0.3, 0.4) is 0 Å². The highest BCUT2D eigenvalue weighted by Crippen LogP contribution is 2.17. The van der Waals surface area contributed by atoms with Crippen LogP contribution in [-0.4, -0.2) is 23.8 Å². The fraction of sp³-hybridized carbons (Fsp3) is 0.667. The lowest BCUT2D eigenvalue weighted by Crippen LogP contribution is -2.25. The topological polar surface area (TPSA) is 29.1 Å². The van der Waals surface area contributed by atoms with Crippen molar-refractivity contribution in [2.45, 2.75) is 20.0 Å². The van der Waals surface area contributed by atoms with Gasteiger partial charge in [-0.15, -0.1) is 0 Å². The molecule has 0 aromatic carbocycles. The number of hydrogen-bond donors (Lipinski definition) is 1. The third-order valence-electron chi connectivity index (χ3n) is 1.47. The first-order valence-corrected chi connectivity index (χ1v) is 5.51. The van der Waals surface area contributed by atoms with Crippen LogP contribution in [0, 0.1) is 5.92 Å². The number of carbonyl (C=O) groups excluding carboxylic acids is 1. The highest BCUT2D eigenvalue weighted by atomic mass is 79.9. The first-order valence-electron chi connectivity index (χ1n) is 4.39. The Morgan fingerprint density at radius 1 is 1.47 bits per heavy atom. The number of hydrogen-bond acceptors (Lipinski definition) is 2. The van der Waals surface area contributed by atoms with Gasteiger partial charge in [0.1, 0.15) is 0 Å². The molecule has 0 aromatic rings. The first kappa shape index (κ1) is 14.5. The van der Waals surface area contributed by atoms with Crippen molar-refractivity contribution in [2.75, 3.05) is 11.9 Å². The van der Waals surface area contributed by atoms with Crippen LogP contribution >= 0.6 is 15.9 Å². The Morgan fingerprint density at radius 2 is 2.00 bits per heavy atom. The zero-order chi connectivity index (χ0) is 12.1. The molecule has 0 spiro atoms. The number of alkyl halides is 4. The molecule has 0 heterocycles. The molecule has 0 fully saturated rings. The van der Waals surface area contributed by atoms with E-state index in [1.807, 2.05) is 13.8 Å². The first-order chi connectivity index (χ1) is 6.77. The van der Waals surface area contributed by atoms with E-state index >= 15 is 0 Å². The van der Waals surface area contributed by atoms with Crippen LogP contribution in [0.15, 0.2) is 11.8 Å². The molecule has 0 aromatic heterocycles. The largest absolute Gasteiger partial charge is 0.454 e. The highest BCUT2D eigenvalue weighted by Gasteiger charge is 2.36. The molecule has 0 saturated heterocycles. The summed E-state index contributed by atoms with van der Waals surface area (Å²) in [5.41, 5.74) is 0.242. The van der Waals surface area contributed by atoms with Crippen LogP contribution in [0.1, 0.15) is 13.8 Å². The maximum Gasteiger partial charge on any atom is 0.454 e. The maximum absolute atomic E-state index is 11.9. The second-order valence-electron chi connectivity index (χ2n) is 3.44. The summed E-state index contributed by atoms with van der Waals surface area (Å²) < 4.78 is 35.7. The van der Waals surface area contributed by atoms with E-state index in [9.17, 15) is 18.0 Å². The number of nitrogens with one attached hydrogen (secondary N) is 1. The van der Waals surface area contributed by atoms with Crippen molar-refractivity contribution in [1.29, 1.82) is 0 Å². The van der Waals surface area contributed by atoms with E-state index in [0.717, 1.165) is 0 Å². The monoisotopic (exact) mass is 287 g/mol. The summed E-state index contributed by atoms with van der Waals surface area (Å²) in [6.45, 7) is 4.37. The van der Waals surface area contributed by atoms with Crippen LogP contribution in [0.4, 0.5) is 13.2 Å². The molecule has 0 rings (SSSR count). The smallest absolute Gasteiger partial charge is 0.387 e. The van der Waals surface area contributed by atoms with Crippen LogP contribution in [0.2, 0.25) is 0 Å². The summed E-state index contributed by atoms with van der Waals surface area (Å²) in [5, 5.41) is 2.96. The Hall–Kier alpha value is -0.520. The summed E-state index contributed by atoms with van der Waals surface area (Å²) in [5.74, 6) is -1.54. The molecule has 0 amide bonds. The lowest BCUT2D eigenvalue weighted by molar-refractivity contribution is -0.165. The van der Waals surface area contributed by atoms with Gasteiger partial charge in [-0.05, 0) is 5.92 Å². The number of carbonyl (C=O) groups is 1. The van der Waals surface area contributed by atoms with E-state index in [0.29, 0.717) is 18.5 Å². The third kappa shape index (κ3) is 6.54. The van der Waals surface area contributed by atoms with Crippen molar-refractivity contribution in [3.63, 3.8) is 0 Å². The normalized spacial score (nSPS) is 13.1. The van der Waals surface area contributed by atoms with Gasteiger partial charge in [0.25, 0.3) is 5.78 Å². The molecule has 0 saturated carbocycles. The molecule has 0 bridgehead atoms. The zero-order valence-electron chi connectivity index (χ0n) is 8.49. The molecule has 0 radical (unpaired) electrons. The van der Waals surface area contributed by atoms with Crippen molar-refractivity contribution in [3.05, 3.63) is 11.8 Å². The lowest BCUT2D eigenvalue weighted by Gasteiger charge is -2.11. The van der Waals surface area contributed by atoms with Crippen molar-refractivity contribution in [3.8, 4) is 0 Å². The van der Waals surface area contributed by atoms with E-state index in [-0.39, 0.29) is 11.0 Å². The molecular formula is C9H13BrF3NO. The molecule has 2 nitrogen and oxygen atoms in total. The Bertz CT molecular complexity index is 248. The quantitative estimate of drug-likeness (QED) is 0.622. The van der Waals surface area contributed by atoms with Crippen molar-refractivity contribution >= 4 is 21.7 Å². The molecule has 88 valence electrons. The standard InChI is InChI=1S/C9H13BrF3NO/c1-6(2)5-14-7(4-10)3-8(15)9(11,12)13/h3,6,14H,4-5H2,1-2H3/b7-3+. The van der Waals surface area contributed by atoms with Crippen molar-refractivity contribution in [2.24, 2.45) is 5.92 Å². The molecule has 0 aliphatic carbocycles.